The molecule has 4 nitrogen and oxygen atoms in total. The molecule has 2 rings (SSSR count). The molecule has 1 aromatic rings. The zero-order valence-electron chi connectivity index (χ0n) is 10.1. The van der Waals surface area contributed by atoms with Crippen LogP contribution < -0.4 is 16.0 Å². The lowest BCUT2D eigenvalue weighted by Gasteiger charge is -2.11. The number of nitrogens with one attached hydrogen (secondary N) is 2. The number of carbonyl (C=O) groups is 1. The Morgan fingerprint density at radius 3 is 2.76 bits per heavy atom. The van der Waals surface area contributed by atoms with Gasteiger partial charge < -0.3 is 10.6 Å². The molecular formula is C13H18N3O. The fourth-order valence-electron chi connectivity index (χ4n) is 1.92. The summed E-state index contributed by atoms with van der Waals surface area (Å²) in [4.78, 5) is 10.9. The molecule has 1 aliphatic rings. The van der Waals surface area contributed by atoms with Crippen molar-refractivity contribution < 1.29 is 4.79 Å². The van der Waals surface area contributed by atoms with Crippen LogP contribution in [0.25, 0.3) is 0 Å². The first-order valence-corrected chi connectivity index (χ1v) is 5.97. The minimum absolute atomic E-state index is 0.0385. The van der Waals surface area contributed by atoms with Gasteiger partial charge in [0.15, 0.2) is 0 Å². The predicted molar refractivity (Wildman–Crippen MR) is 67.9 cm³/mol. The average molecular weight is 232 g/mol. The number of hydrogen-bond acceptors (Lipinski definition) is 2. The van der Waals surface area contributed by atoms with Gasteiger partial charge in [0, 0.05) is 38.3 Å². The van der Waals surface area contributed by atoms with Gasteiger partial charge in [-0.1, -0.05) is 12.1 Å². The van der Waals surface area contributed by atoms with Gasteiger partial charge in [0.2, 0.25) is 5.91 Å². The smallest absolute Gasteiger partial charge is 0.221 e. The van der Waals surface area contributed by atoms with Crippen LogP contribution in [0.1, 0.15) is 18.9 Å². The maximum Gasteiger partial charge on any atom is 0.221 e. The molecule has 1 saturated heterocycles. The number of hydrogen-bond donors (Lipinski definition) is 2. The maximum absolute atomic E-state index is 10.9. The van der Waals surface area contributed by atoms with Crippen LogP contribution in [-0.2, 0) is 11.3 Å². The zero-order chi connectivity index (χ0) is 12.1. The van der Waals surface area contributed by atoms with Gasteiger partial charge in [-0.25, -0.2) is 5.32 Å². The first-order valence-electron chi connectivity index (χ1n) is 5.97. The Morgan fingerprint density at radius 1 is 1.41 bits per heavy atom. The second-order valence-electron chi connectivity index (χ2n) is 4.37. The van der Waals surface area contributed by atoms with Gasteiger partial charge >= 0.3 is 0 Å². The first kappa shape index (κ1) is 12.1. The van der Waals surface area contributed by atoms with Crippen molar-refractivity contribution in [2.24, 2.45) is 0 Å². The third-order valence-electron chi connectivity index (χ3n) is 2.85. The van der Waals surface area contributed by atoms with E-state index >= 15 is 0 Å². The fourth-order valence-corrected chi connectivity index (χ4v) is 1.92. The first-order chi connectivity index (χ1) is 8.24. The van der Waals surface area contributed by atoms with Crippen molar-refractivity contribution in [3.05, 3.63) is 29.8 Å². The molecule has 1 atom stereocenters. The highest BCUT2D eigenvalue weighted by molar-refractivity contribution is 5.88. The van der Waals surface area contributed by atoms with Crippen molar-refractivity contribution in [1.82, 2.24) is 10.6 Å². The van der Waals surface area contributed by atoms with E-state index in [0.29, 0.717) is 6.04 Å². The standard InChI is InChI=1S/C13H18N3O/c1-10(17)16-12-4-2-11(3-5-12)8-15-13-6-7-14-9-13/h2-5,13,15H,6-9H2,1H3,(H,16,17). The Hall–Kier alpha value is -1.39. The highest BCUT2D eigenvalue weighted by Crippen LogP contribution is 2.10. The highest BCUT2D eigenvalue weighted by Gasteiger charge is 2.13. The highest BCUT2D eigenvalue weighted by atomic mass is 16.1. The van der Waals surface area contributed by atoms with E-state index in [1.165, 1.54) is 12.5 Å². The summed E-state index contributed by atoms with van der Waals surface area (Å²) >= 11 is 0. The van der Waals surface area contributed by atoms with Crippen LogP contribution in [0, 0.1) is 0 Å². The third kappa shape index (κ3) is 3.84. The maximum atomic E-state index is 10.9. The van der Waals surface area contributed by atoms with E-state index in [2.05, 4.69) is 16.0 Å². The van der Waals surface area contributed by atoms with E-state index in [4.69, 9.17) is 0 Å². The summed E-state index contributed by atoms with van der Waals surface area (Å²) in [5.74, 6) is -0.0385. The van der Waals surface area contributed by atoms with E-state index in [1.54, 1.807) is 0 Å². The Kier molecular flexibility index (Phi) is 4.12. The molecule has 1 heterocycles. The van der Waals surface area contributed by atoms with Crippen LogP contribution in [0.4, 0.5) is 5.69 Å². The second-order valence-corrected chi connectivity index (χ2v) is 4.37. The number of amides is 1. The molecule has 0 aliphatic carbocycles. The molecular weight excluding hydrogens is 214 g/mol. The Bertz CT molecular complexity index is 369. The minimum Gasteiger partial charge on any atom is -0.326 e. The normalized spacial score (nSPS) is 19.2. The van der Waals surface area contributed by atoms with Crippen molar-refractivity contribution in [1.29, 1.82) is 0 Å². The summed E-state index contributed by atoms with van der Waals surface area (Å²) in [6, 6.07) is 8.45. The number of carbonyl (C=O) groups excluding carboxylic acids is 1. The number of nitrogens with zero attached hydrogens (tertiary/aromatic N) is 1. The lowest BCUT2D eigenvalue weighted by atomic mass is 10.2. The molecule has 2 N–H and O–H groups in total. The quantitative estimate of drug-likeness (QED) is 0.817. The fraction of sp³-hybridized carbons (Fsp3) is 0.462. The molecule has 1 amide bonds. The summed E-state index contributed by atoms with van der Waals surface area (Å²) in [5, 5.41) is 10.5. The summed E-state index contributed by atoms with van der Waals surface area (Å²) in [6.07, 6.45) is 1.14. The van der Waals surface area contributed by atoms with Crippen LogP contribution in [-0.4, -0.2) is 25.0 Å². The SMILES string of the molecule is CC(=O)Nc1ccc(CNC2CC[N]C2)cc1. The van der Waals surface area contributed by atoms with Gasteiger partial charge in [-0.3, -0.25) is 4.79 Å². The number of benzene rings is 1. The molecule has 4 heteroatoms. The van der Waals surface area contributed by atoms with E-state index in [-0.39, 0.29) is 5.91 Å². The summed E-state index contributed by atoms with van der Waals surface area (Å²) in [7, 11) is 0. The average Bonchev–Trinajstić information content (AvgIpc) is 2.80. The molecule has 0 saturated carbocycles. The Labute approximate surface area is 102 Å². The molecule has 0 bridgehead atoms. The minimum atomic E-state index is -0.0385. The Morgan fingerprint density at radius 2 is 2.18 bits per heavy atom. The molecule has 1 fully saturated rings. The Balaban J connectivity index is 1.82. The number of rotatable bonds is 4. The van der Waals surface area contributed by atoms with Crippen LogP contribution >= 0.6 is 0 Å². The van der Waals surface area contributed by atoms with Gasteiger partial charge in [-0.05, 0) is 24.1 Å². The molecule has 1 unspecified atom stereocenters. The lowest BCUT2D eigenvalue weighted by Crippen LogP contribution is -2.29. The van der Waals surface area contributed by atoms with Gasteiger partial charge in [-0.15, -0.1) is 0 Å². The molecule has 1 aromatic carbocycles. The monoisotopic (exact) mass is 232 g/mol. The van der Waals surface area contributed by atoms with Crippen LogP contribution in [0.2, 0.25) is 0 Å². The predicted octanol–water partition coefficient (Wildman–Crippen LogP) is 1.11. The van der Waals surface area contributed by atoms with Crippen LogP contribution in [0.15, 0.2) is 24.3 Å². The zero-order valence-corrected chi connectivity index (χ0v) is 10.1. The molecule has 17 heavy (non-hydrogen) atoms. The van der Waals surface area contributed by atoms with Crippen LogP contribution in [0.5, 0.6) is 0 Å². The van der Waals surface area contributed by atoms with Gasteiger partial charge in [0.25, 0.3) is 0 Å². The summed E-state index contributed by atoms with van der Waals surface area (Å²) in [6.45, 7) is 4.29. The van der Waals surface area contributed by atoms with Gasteiger partial charge in [-0.2, -0.15) is 0 Å². The summed E-state index contributed by atoms with van der Waals surface area (Å²) < 4.78 is 0. The topological polar surface area (TPSA) is 55.2 Å². The van der Waals surface area contributed by atoms with Crippen molar-refractivity contribution in [3.8, 4) is 0 Å². The molecule has 91 valence electrons. The number of anilines is 1. The van der Waals surface area contributed by atoms with Crippen LogP contribution in [0.3, 0.4) is 0 Å². The van der Waals surface area contributed by atoms with E-state index in [1.807, 2.05) is 24.3 Å². The van der Waals surface area contributed by atoms with E-state index < -0.39 is 0 Å². The largest absolute Gasteiger partial charge is 0.326 e. The molecule has 0 spiro atoms. The summed E-state index contributed by atoms with van der Waals surface area (Å²) in [5.41, 5.74) is 2.07. The van der Waals surface area contributed by atoms with Crippen molar-refractivity contribution in [3.63, 3.8) is 0 Å². The van der Waals surface area contributed by atoms with Crippen molar-refractivity contribution >= 4 is 11.6 Å². The third-order valence-corrected chi connectivity index (χ3v) is 2.85. The van der Waals surface area contributed by atoms with Crippen molar-refractivity contribution in [2.75, 3.05) is 18.4 Å². The van der Waals surface area contributed by atoms with E-state index in [9.17, 15) is 4.79 Å². The van der Waals surface area contributed by atoms with Gasteiger partial charge in [0.05, 0.1) is 0 Å². The molecule has 1 radical (unpaired) electrons. The lowest BCUT2D eigenvalue weighted by molar-refractivity contribution is -0.114. The van der Waals surface area contributed by atoms with Crippen molar-refractivity contribution in [2.45, 2.75) is 25.9 Å². The molecule has 1 aliphatic heterocycles. The molecule has 0 aromatic heterocycles. The second kappa shape index (κ2) is 5.80. The van der Waals surface area contributed by atoms with E-state index in [0.717, 1.165) is 31.7 Å². The van der Waals surface area contributed by atoms with Gasteiger partial charge in [0.1, 0.15) is 0 Å².